The van der Waals surface area contributed by atoms with Gasteiger partial charge in [-0.05, 0) is 34.5 Å². The molecule has 0 atom stereocenters. The van der Waals surface area contributed by atoms with Gasteiger partial charge in [-0.25, -0.2) is 9.97 Å². The van der Waals surface area contributed by atoms with E-state index >= 15 is 0 Å². The number of carbonyl (C=O) groups is 1. The minimum atomic E-state index is -0.225. The number of aryl methyl sites for hydroxylation is 1. The van der Waals surface area contributed by atoms with Gasteiger partial charge in [0.05, 0.1) is 11.3 Å². The molecule has 0 unspecified atom stereocenters. The van der Waals surface area contributed by atoms with Crippen LogP contribution in [0.4, 0.5) is 5.69 Å². The van der Waals surface area contributed by atoms with E-state index in [9.17, 15) is 4.79 Å². The predicted octanol–water partition coefficient (Wildman–Crippen LogP) is 2.80. The first kappa shape index (κ1) is 11.7. The van der Waals surface area contributed by atoms with Crippen molar-refractivity contribution in [2.24, 2.45) is 0 Å². The number of benzene rings is 1. The van der Waals surface area contributed by atoms with Gasteiger partial charge in [0.2, 0.25) is 0 Å². The van der Waals surface area contributed by atoms with Gasteiger partial charge in [0, 0.05) is 16.9 Å². The molecule has 17 heavy (non-hydrogen) atoms. The summed E-state index contributed by atoms with van der Waals surface area (Å²) in [4.78, 5) is 19.5. The van der Waals surface area contributed by atoms with Gasteiger partial charge < -0.3 is 5.32 Å². The van der Waals surface area contributed by atoms with E-state index in [1.54, 1.807) is 0 Å². The highest BCUT2D eigenvalue weighted by Crippen LogP contribution is 2.25. The first-order chi connectivity index (χ1) is 8.18. The molecule has 0 aliphatic rings. The van der Waals surface area contributed by atoms with Crippen molar-refractivity contribution in [2.45, 2.75) is 6.92 Å². The lowest BCUT2D eigenvalue weighted by molar-refractivity contribution is 0.102. The van der Waals surface area contributed by atoms with Crippen LogP contribution in [0.3, 0.4) is 0 Å². The van der Waals surface area contributed by atoms with Crippen LogP contribution in [-0.4, -0.2) is 15.9 Å². The Hall–Kier alpha value is -1.75. The average Bonchev–Trinajstić information content (AvgIpc) is 2.36. The largest absolute Gasteiger partial charge is 0.321 e. The van der Waals surface area contributed by atoms with Crippen molar-refractivity contribution in [3.8, 4) is 0 Å². The van der Waals surface area contributed by atoms with Crippen molar-refractivity contribution in [2.75, 3.05) is 5.32 Å². The summed E-state index contributed by atoms with van der Waals surface area (Å²) in [5, 5.41) is 2.80. The summed E-state index contributed by atoms with van der Waals surface area (Å²) >= 11 is 3.44. The SMILES string of the molecule is Cc1cccc(NC(=O)c2cncnc2)c1Br. The number of amides is 1. The maximum Gasteiger partial charge on any atom is 0.258 e. The third-order valence-corrected chi connectivity index (χ3v) is 3.32. The average molecular weight is 292 g/mol. The van der Waals surface area contributed by atoms with Crippen LogP contribution in [0.25, 0.3) is 0 Å². The van der Waals surface area contributed by atoms with Crippen molar-refractivity contribution in [3.63, 3.8) is 0 Å². The minimum Gasteiger partial charge on any atom is -0.321 e. The molecule has 0 radical (unpaired) electrons. The number of anilines is 1. The van der Waals surface area contributed by atoms with Crippen LogP contribution in [0.5, 0.6) is 0 Å². The Bertz CT molecular complexity index is 543. The lowest BCUT2D eigenvalue weighted by Crippen LogP contribution is -2.13. The Labute approximate surface area is 107 Å². The van der Waals surface area contributed by atoms with Crippen molar-refractivity contribution >= 4 is 27.5 Å². The number of carbonyl (C=O) groups excluding carboxylic acids is 1. The van der Waals surface area contributed by atoms with Gasteiger partial charge in [0.15, 0.2) is 0 Å². The number of halogens is 1. The van der Waals surface area contributed by atoms with Gasteiger partial charge in [-0.3, -0.25) is 4.79 Å². The zero-order valence-electron chi connectivity index (χ0n) is 9.14. The minimum absolute atomic E-state index is 0.225. The summed E-state index contributed by atoms with van der Waals surface area (Å²) in [6, 6.07) is 5.68. The van der Waals surface area contributed by atoms with Crippen LogP contribution in [0.15, 0.2) is 41.4 Å². The number of nitrogens with one attached hydrogen (secondary N) is 1. The first-order valence-corrected chi connectivity index (χ1v) is 5.79. The Morgan fingerprint density at radius 2 is 2.00 bits per heavy atom. The molecule has 1 amide bonds. The van der Waals surface area contributed by atoms with Crippen molar-refractivity contribution in [3.05, 3.63) is 52.5 Å². The number of rotatable bonds is 2. The summed E-state index contributed by atoms with van der Waals surface area (Å²) < 4.78 is 0.880. The van der Waals surface area contributed by atoms with E-state index in [4.69, 9.17) is 0 Å². The van der Waals surface area contributed by atoms with Gasteiger partial charge >= 0.3 is 0 Å². The molecule has 0 aliphatic carbocycles. The predicted molar refractivity (Wildman–Crippen MR) is 68.9 cm³/mol. The van der Waals surface area contributed by atoms with E-state index in [1.807, 2.05) is 25.1 Å². The van der Waals surface area contributed by atoms with E-state index < -0.39 is 0 Å². The summed E-state index contributed by atoms with van der Waals surface area (Å²) in [6.45, 7) is 1.96. The molecule has 0 fully saturated rings. The highest BCUT2D eigenvalue weighted by molar-refractivity contribution is 9.10. The van der Waals surface area contributed by atoms with Gasteiger partial charge in [-0.1, -0.05) is 12.1 Å². The normalized spacial score (nSPS) is 10.0. The molecule has 1 heterocycles. The van der Waals surface area contributed by atoms with Gasteiger partial charge in [0.1, 0.15) is 6.33 Å². The van der Waals surface area contributed by atoms with Crippen LogP contribution in [0, 0.1) is 6.92 Å². The monoisotopic (exact) mass is 291 g/mol. The van der Waals surface area contributed by atoms with Gasteiger partial charge in [-0.2, -0.15) is 0 Å². The highest BCUT2D eigenvalue weighted by Gasteiger charge is 2.09. The molecule has 1 aromatic carbocycles. The molecule has 2 rings (SSSR count). The molecule has 86 valence electrons. The Morgan fingerprint density at radius 3 is 2.71 bits per heavy atom. The second kappa shape index (κ2) is 5.05. The second-order valence-corrected chi connectivity index (χ2v) is 4.31. The van der Waals surface area contributed by atoms with Crippen LogP contribution < -0.4 is 5.32 Å². The van der Waals surface area contributed by atoms with E-state index in [0.717, 1.165) is 15.7 Å². The maximum absolute atomic E-state index is 11.9. The van der Waals surface area contributed by atoms with Crippen molar-refractivity contribution in [1.82, 2.24) is 9.97 Å². The Balaban J connectivity index is 2.22. The zero-order valence-corrected chi connectivity index (χ0v) is 10.7. The standard InChI is InChI=1S/C12H10BrN3O/c1-8-3-2-4-10(11(8)13)16-12(17)9-5-14-7-15-6-9/h2-7H,1H3,(H,16,17). The van der Waals surface area contributed by atoms with Crippen molar-refractivity contribution < 1.29 is 4.79 Å². The molecular formula is C12H10BrN3O. The number of aromatic nitrogens is 2. The third-order valence-electron chi connectivity index (χ3n) is 2.26. The molecular weight excluding hydrogens is 282 g/mol. The molecule has 0 spiro atoms. The number of nitrogens with zero attached hydrogens (tertiary/aromatic N) is 2. The summed E-state index contributed by atoms with van der Waals surface area (Å²) in [6.07, 6.45) is 4.34. The quantitative estimate of drug-likeness (QED) is 0.926. The van der Waals surface area contributed by atoms with E-state index in [-0.39, 0.29) is 5.91 Å². The lowest BCUT2D eigenvalue weighted by atomic mass is 10.2. The Morgan fingerprint density at radius 1 is 1.29 bits per heavy atom. The Kier molecular flexibility index (Phi) is 3.49. The zero-order chi connectivity index (χ0) is 12.3. The van der Waals surface area contributed by atoms with E-state index in [1.165, 1.54) is 18.7 Å². The third kappa shape index (κ3) is 2.68. The fourth-order valence-electron chi connectivity index (χ4n) is 1.35. The topological polar surface area (TPSA) is 54.9 Å². The molecule has 0 bridgehead atoms. The molecule has 1 N–H and O–H groups in total. The second-order valence-electron chi connectivity index (χ2n) is 3.52. The van der Waals surface area contributed by atoms with E-state index in [2.05, 4.69) is 31.2 Å². The molecule has 0 saturated heterocycles. The number of hydrogen-bond acceptors (Lipinski definition) is 3. The molecule has 4 nitrogen and oxygen atoms in total. The highest BCUT2D eigenvalue weighted by atomic mass is 79.9. The fraction of sp³-hybridized carbons (Fsp3) is 0.0833. The van der Waals surface area contributed by atoms with Crippen LogP contribution in [0.2, 0.25) is 0 Å². The number of hydrogen-bond donors (Lipinski definition) is 1. The van der Waals surface area contributed by atoms with E-state index in [0.29, 0.717) is 5.56 Å². The molecule has 5 heteroatoms. The lowest BCUT2D eigenvalue weighted by Gasteiger charge is -2.08. The molecule has 2 aromatic rings. The van der Waals surface area contributed by atoms with Crippen LogP contribution in [0.1, 0.15) is 15.9 Å². The molecule has 1 aromatic heterocycles. The molecule has 0 saturated carbocycles. The molecule has 0 aliphatic heterocycles. The van der Waals surface area contributed by atoms with Crippen LogP contribution in [-0.2, 0) is 0 Å². The van der Waals surface area contributed by atoms with Crippen LogP contribution >= 0.6 is 15.9 Å². The van der Waals surface area contributed by atoms with Crippen molar-refractivity contribution in [1.29, 1.82) is 0 Å². The maximum atomic E-state index is 11.9. The fourth-order valence-corrected chi connectivity index (χ4v) is 1.72. The summed E-state index contributed by atoms with van der Waals surface area (Å²) in [5.41, 5.74) is 2.23. The smallest absolute Gasteiger partial charge is 0.258 e. The summed E-state index contributed by atoms with van der Waals surface area (Å²) in [7, 11) is 0. The van der Waals surface area contributed by atoms with Gasteiger partial charge in [-0.15, -0.1) is 0 Å². The van der Waals surface area contributed by atoms with Gasteiger partial charge in [0.25, 0.3) is 5.91 Å². The summed E-state index contributed by atoms with van der Waals surface area (Å²) in [5.74, 6) is -0.225. The first-order valence-electron chi connectivity index (χ1n) is 5.00.